The summed E-state index contributed by atoms with van der Waals surface area (Å²) in [5, 5.41) is 0. The number of carbonyl (C=O) groups excluding carboxylic acids is 1. The highest BCUT2D eigenvalue weighted by atomic mass is 16.5. The molecule has 3 heteroatoms. The molecule has 1 heterocycles. The van der Waals surface area contributed by atoms with E-state index >= 15 is 0 Å². The average molecular weight is 355 g/mol. The number of para-hydroxylation sites is 1. The zero-order valence-electron chi connectivity index (χ0n) is 15.5. The summed E-state index contributed by atoms with van der Waals surface area (Å²) in [6.07, 6.45) is 0.769. The molecule has 4 rings (SSSR count). The molecule has 3 nitrogen and oxygen atoms in total. The molecule has 0 spiro atoms. The number of ether oxygens (including phenoxy) is 1. The first-order valence-electron chi connectivity index (χ1n) is 9.11. The number of aryl methyl sites for hydroxylation is 2. The largest absolute Gasteiger partial charge is 0.457 e. The maximum absolute atomic E-state index is 12.5. The first-order chi connectivity index (χ1) is 13.1. The first-order valence-corrected chi connectivity index (χ1v) is 9.11. The topological polar surface area (TPSA) is 38.7 Å². The van der Waals surface area contributed by atoms with Crippen molar-refractivity contribution < 1.29 is 9.53 Å². The summed E-state index contributed by atoms with van der Waals surface area (Å²) >= 11 is 0. The van der Waals surface area contributed by atoms with E-state index in [1.54, 1.807) is 0 Å². The van der Waals surface area contributed by atoms with Crippen LogP contribution < -0.4 is 4.74 Å². The van der Waals surface area contributed by atoms with E-state index in [1.807, 2.05) is 54.6 Å². The molecule has 0 radical (unpaired) electrons. The summed E-state index contributed by atoms with van der Waals surface area (Å²) in [5.41, 5.74) is 6.00. The minimum absolute atomic E-state index is 0.185. The number of nitrogens with zero attached hydrogens (tertiary/aromatic N) is 1. The summed E-state index contributed by atoms with van der Waals surface area (Å²) < 4.78 is 5.93. The average Bonchev–Trinajstić information content (AvgIpc) is 2.81. The van der Waals surface area contributed by atoms with Gasteiger partial charge in [0.2, 0.25) is 0 Å². The third-order valence-electron chi connectivity index (χ3n) is 4.85. The van der Waals surface area contributed by atoms with E-state index in [-0.39, 0.29) is 5.78 Å². The van der Waals surface area contributed by atoms with Crippen molar-refractivity contribution in [2.24, 2.45) is 4.99 Å². The van der Waals surface area contributed by atoms with Crippen LogP contribution in [0.5, 0.6) is 11.5 Å². The Labute approximate surface area is 159 Å². The normalized spacial score (nSPS) is 13.6. The van der Waals surface area contributed by atoms with Gasteiger partial charge in [0.25, 0.3) is 0 Å². The highest BCUT2D eigenvalue weighted by Gasteiger charge is 2.19. The van der Waals surface area contributed by atoms with E-state index < -0.39 is 0 Å². The van der Waals surface area contributed by atoms with Crippen LogP contribution in [-0.4, -0.2) is 11.5 Å². The molecule has 1 aliphatic heterocycles. The van der Waals surface area contributed by atoms with Gasteiger partial charge in [-0.2, -0.15) is 0 Å². The van der Waals surface area contributed by atoms with Crippen molar-refractivity contribution in [3.05, 3.63) is 89.0 Å². The van der Waals surface area contributed by atoms with Crippen LogP contribution in [0, 0.1) is 13.8 Å². The van der Waals surface area contributed by atoms with Crippen LogP contribution in [-0.2, 0) is 11.2 Å². The lowest BCUT2D eigenvalue weighted by atomic mass is 9.99. The molecule has 0 saturated heterocycles. The zero-order valence-corrected chi connectivity index (χ0v) is 15.5. The summed E-state index contributed by atoms with van der Waals surface area (Å²) in [7, 11) is 0. The Balaban J connectivity index is 1.71. The fourth-order valence-corrected chi connectivity index (χ4v) is 3.28. The molecule has 0 aliphatic carbocycles. The number of rotatable bonds is 3. The van der Waals surface area contributed by atoms with Crippen molar-refractivity contribution in [2.45, 2.75) is 26.7 Å². The van der Waals surface area contributed by atoms with Crippen molar-refractivity contribution in [1.29, 1.82) is 0 Å². The van der Waals surface area contributed by atoms with Crippen LogP contribution in [0.25, 0.3) is 0 Å². The van der Waals surface area contributed by atoms with E-state index in [0.29, 0.717) is 12.8 Å². The van der Waals surface area contributed by atoms with Gasteiger partial charge in [-0.05, 0) is 60.9 Å². The molecule has 134 valence electrons. The fourth-order valence-electron chi connectivity index (χ4n) is 3.28. The van der Waals surface area contributed by atoms with Crippen molar-refractivity contribution in [2.75, 3.05) is 0 Å². The third kappa shape index (κ3) is 3.82. The van der Waals surface area contributed by atoms with Gasteiger partial charge in [-0.15, -0.1) is 0 Å². The fraction of sp³-hybridized carbons (Fsp3) is 0.167. The van der Waals surface area contributed by atoms with Gasteiger partial charge >= 0.3 is 0 Å². The number of fused-ring (bicyclic) bond motifs is 1. The van der Waals surface area contributed by atoms with Crippen LogP contribution in [0.2, 0.25) is 0 Å². The van der Waals surface area contributed by atoms with Crippen LogP contribution in [0.1, 0.15) is 28.7 Å². The second kappa shape index (κ2) is 7.20. The molecule has 1 aliphatic rings. The number of ketones is 1. The van der Waals surface area contributed by atoms with Crippen LogP contribution >= 0.6 is 0 Å². The molecule has 3 aromatic rings. The standard InChI is InChI=1S/C24H21NO2/c1-16-11-19-13-20(26)15-24(25-23(19)12-17(16)2)18-7-6-10-22(14-18)27-21-8-4-3-5-9-21/h3-12,14H,13,15H2,1-2H3. The van der Waals surface area contributed by atoms with Gasteiger partial charge in [0, 0.05) is 18.4 Å². The van der Waals surface area contributed by atoms with Gasteiger partial charge in [0.15, 0.2) is 0 Å². The Morgan fingerprint density at radius 3 is 2.37 bits per heavy atom. The predicted molar refractivity (Wildman–Crippen MR) is 108 cm³/mol. The minimum atomic E-state index is 0.185. The monoisotopic (exact) mass is 355 g/mol. The highest BCUT2D eigenvalue weighted by Crippen LogP contribution is 2.30. The smallest absolute Gasteiger partial charge is 0.143 e. The SMILES string of the molecule is Cc1cc2c(cc1C)N=C(c1cccc(Oc3ccccc3)c1)CC(=O)C2. The Morgan fingerprint density at radius 2 is 1.56 bits per heavy atom. The lowest BCUT2D eigenvalue weighted by Crippen LogP contribution is -2.09. The molecule has 0 bridgehead atoms. The van der Waals surface area contributed by atoms with E-state index in [4.69, 9.17) is 9.73 Å². The third-order valence-corrected chi connectivity index (χ3v) is 4.85. The van der Waals surface area contributed by atoms with Crippen LogP contribution in [0.4, 0.5) is 5.69 Å². The molecule has 0 saturated carbocycles. The summed E-state index contributed by atoms with van der Waals surface area (Å²) in [6.45, 7) is 4.14. The van der Waals surface area contributed by atoms with Crippen molar-refractivity contribution in [3.63, 3.8) is 0 Å². The van der Waals surface area contributed by atoms with E-state index in [2.05, 4.69) is 26.0 Å². The number of carbonyl (C=O) groups is 1. The Bertz CT molecular complexity index is 1040. The second-order valence-electron chi connectivity index (χ2n) is 6.96. The first kappa shape index (κ1) is 17.2. The summed E-state index contributed by atoms with van der Waals surface area (Å²) in [6, 6.07) is 21.6. The van der Waals surface area contributed by atoms with E-state index in [9.17, 15) is 4.79 Å². The molecule has 0 amide bonds. The Kier molecular flexibility index (Phi) is 4.59. The van der Waals surface area contributed by atoms with Gasteiger partial charge in [-0.3, -0.25) is 9.79 Å². The van der Waals surface area contributed by atoms with E-state index in [1.165, 1.54) is 11.1 Å². The molecular weight excluding hydrogens is 334 g/mol. The molecule has 0 aromatic heterocycles. The number of Topliss-reactive ketones (excluding diaryl/α,β-unsaturated/α-hetero) is 1. The quantitative estimate of drug-likeness (QED) is 0.601. The highest BCUT2D eigenvalue weighted by molar-refractivity contribution is 6.13. The lowest BCUT2D eigenvalue weighted by Gasteiger charge is -2.09. The summed E-state index contributed by atoms with van der Waals surface area (Å²) in [5.74, 6) is 1.70. The maximum atomic E-state index is 12.5. The molecule has 0 unspecified atom stereocenters. The Hall–Kier alpha value is -3.20. The van der Waals surface area contributed by atoms with Gasteiger partial charge in [-0.1, -0.05) is 36.4 Å². The van der Waals surface area contributed by atoms with Gasteiger partial charge in [-0.25, -0.2) is 0 Å². The van der Waals surface area contributed by atoms with Crippen molar-refractivity contribution >= 4 is 17.2 Å². The predicted octanol–water partition coefficient (Wildman–Crippen LogP) is 5.73. The van der Waals surface area contributed by atoms with E-state index in [0.717, 1.165) is 34.0 Å². The molecule has 0 N–H and O–H groups in total. The molecule has 27 heavy (non-hydrogen) atoms. The molecule has 3 aromatic carbocycles. The lowest BCUT2D eigenvalue weighted by molar-refractivity contribution is -0.117. The van der Waals surface area contributed by atoms with Gasteiger partial charge < -0.3 is 4.74 Å². The Morgan fingerprint density at radius 1 is 0.815 bits per heavy atom. The second-order valence-corrected chi connectivity index (χ2v) is 6.96. The van der Waals surface area contributed by atoms with Gasteiger partial charge in [0.1, 0.15) is 17.3 Å². The summed E-state index contributed by atoms with van der Waals surface area (Å²) in [4.78, 5) is 17.3. The van der Waals surface area contributed by atoms with Crippen LogP contribution in [0.15, 0.2) is 71.7 Å². The number of hydrogen-bond donors (Lipinski definition) is 0. The maximum Gasteiger partial charge on any atom is 0.143 e. The molecular formula is C24H21NO2. The number of hydrogen-bond acceptors (Lipinski definition) is 3. The van der Waals surface area contributed by atoms with Gasteiger partial charge in [0.05, 0.1) is 11.4 Å². The number of benzene rings is 3. The molecule has 0 atom stereocenters. The van der Waals surface area contributed by atoms with Crippen LogP contribution in [0.3, 0.4) is 0 Å². The van der Waals surface area contributed by atoms with Crippen molar-refractivity contribution in [1.82, 2.24) is 0 Å². The number of aliphatic imine (C=N–C) groups is 1. The minimum Gasteiger partial charge on any atom is -0.457 e. The molecule has 0 fully saturated rings. The van der Waals surface area contributed by atoms with Crippen molar-refractivity contribution in [3.8, 4) is 11.5 Å². The zero-order chi connectivity index (χ0) is 18.8.